The van der Waals surface area contributed by atoms with Gasteiger partial charge in [-0.25, -0.2) is 0 Å². The first-order chi connectivity index (χ1) is 12.6. The summed E-state index contributed by atoms with van der Waals surface area (Å²) in [5, 5.41) is 12.4. The first-order valence-corrected chi connectivity index (χ1v) is 10.0. The van der Waals surface area contributed by atoms with Crippen molar-refractivity contribution in [2.24, 2.45) is 13.0 Å². The molecule has 1 heterocycles. The number of aromatic nitrogens is 3. The van der Waals surface area contributed by atoms with E-state index in [1.807, 2.05) is 35.9 Å². The summed E-state index contributed by atoms with van der Waals surface area (Å²) in [4.78, 5) is 12.3. The topological polar surface area (TPSA) is 69.0 Å². The fourth-order valence-corrected chi connectivity index (χ4v) is 4.14. The van der Waals surface area contributed by atoms with Gasteiger partial charge in [0.15, 0.2) is 11.0 Å². The maximum absolute atomic E-state index is 12.3. The van der Waals surface area contributed by atoms with Crippen LogP contribution in [0.1, 0.15) is 32.6 Å². The number of thioether (sulfide) groups is 1. The van der Waals surface area contributed by atoms with Crippen LogP contribution in [0.4, 0.5) is 0 Å². The van der Waals surface area contributed by atoms with E-state index >= 15 is 0 Å². The lowest BCUT2D eigenvalue weighted by molar-refractivity contribution is -0.119. The Morgan fingerprint density at radius 1 is 1.31 bits per heavy atom. The standard InChI is InChI=1S/C19H26N4O2S/c1-13-8-4-6-10-15(13)20-17(24)12-26-19-22-21-18(23(19)2)14-9-5-7-11-16(14)25-3/h5,7,9,11,13,15H,4,6,8,10,12H2,1-3H3,(H,20,24)/t13-,15+/m0/s1. The summed E-state index contributed by atoms with van der Waals surface area (Å²) in [6.07, 6.45) is 4.75. The molecule has 1 N–H and O–H groups in total. The second kappa shape index (κ2) is 8.58. The second-order valence-corrected chi connectivity index (χ2v) is 7.73. The molecule has 0 unspecified atom stereocenters. The van der Waals surface area contributed by atoms with Crippen LogP contribution < -0.4 is 10.1 Å². The van der Waals surface area contributed by atoms with Crippen LogP contribution in [0.15, 0.2) is 29.4 Å². The summed E-state index contributed by atoms with van der Waals surface area (Å²) in [6, 6.07) is 8.02. The first kappa shape index (κ1) is 18.8. The zero-order valence-corrected chi connectivity index (χ0v) is 16.4. The first-order valence-electron chi connectivity index (χ1n) is 9.05. The van der Waals surface area contributed by atoms with Crippen LogP contribution in [0.5, 0.6) is 5.75 Å². The van der Waals surface area contributed by atoms with E-state index in [0.29, 0.717) is 17.7 Å². The van der Waals surface area contributed by atoms with Crippen LogP contribution in [0.3, 0.4) is 0 Å². The Morgan fingerprint density at radius 3 is 2.85 bits per heavy atom. The molecular formula is C19H26N4O2S. The molecule has 2 atom stereocenters. The van der Waals surface area contributed by atoms with Gasteiger partial charge in [0, 0.05) is 13.1 Å². The van der Waals surface area contributed by atoms with Gasteiger partial charge in [0.25, 0.3) is 0 Å². The highest BCUT2D eigenvalue weighted by Gasteiger charge is 2.23. The van der Waals surface area contributed by atoms with Crippen LogP contribution in [0, 0.1) is 5.92 Å². The summed E-state index contributed by atoms with van der Waals surface area (Å²) in [5.41, 5.74) is 0.886. The summed E-state index contributed by atoms with van der Waals surface area (Å²) in [6.45, 7) is 2.22. The number of nitrogens with one attached hydrogen (secondary N) is 1. The Kier molecular flexibility index (Phi) is 6.19. The van der Waals surface area contributed by atoms with E-state index in [1.165, 1.54) is 31.0 Å². The molecule has 6 nitrogen and oxygen atoms in total. The molecule has 1 saturated carbocycles. The largest absolute Gasteiger partial charge is 0.496 e. The molecule has 3 rings (SSSR count). The van der Waals surface area contributed by atoms with Gasteiger partial charge in [0.1, 0.15) is 5.75 Å². The fourth-order valence-electron chi connectivity index (χ4n) is 3.41. The molecule has 7 heteroatoms. The Balaban J connectivity index is 1.62. The molecule has 0 aliphatic heterocycles. The third-order valence-corrected chi connectivity index (χ3v) is 5.99. The zero-order chi connectivity index (χ0) is 18.5. The van der Waals surface area contributed by atoms with Gasteiger partial charge in [-0.05, 0) is 30.9 Å². The van der Waals surface area contributed by atoms with E-state index in [2.05, 4.69) is 22.4 Å². The summed E-state index contributed by atoms with van der Waals surface area (Å²) < 4.78 is 7.31. The lowest BCUT2D eigenvalue weighted by Gasteiger charge is -2.29. The predicted octanol–water partition coefficient (Wildman–Crippen LogP) is 3.28. The molecule has 140 valence electrons. The molecule has 1 aliphatic carbocycles. The average molecular weight is 375 g/mol. The van der Waals surface area contributed by atoms with Gasteiger partial charge in [-0.3, -0.25) is 4.79 Å². The lowest BCUT2D eigenvalue weighted by Crippen LogP contribution is -2.41. The van der Waals surface area contributed by atoms with E-state index in [4.69, 9.17) is 4.74 Å². The quantitative estimate of drug-likeness (QED) is 0.786. The number of rotatable bonds is 6. The fraction of sp³-hybridized carbons (Fsp3) is 0.526. The number of carbonyl (C=O) groups is 1. The second-order valence-electron chi connectivity index (χ2n) is 6.79. The van der Waals surface area contributed by atoms with Crippen molar-refractivity contribution >= 4 is 17.7 Å². The number of benzene rings is 1. The van der Waals surface area contributed by atoms with E-state index in [1.54, 1.807) is 7.11 Å². The van der Waals surface area contributed by atoms with E-state index < -0.39 is 0 Å². The highest BCUT2D eigenvalue weighted by atomic mass is 32.2. The summed E-state index contributed by atoms with van der Waals surface area (Å²) in [7, 11) is 3.55. The molecular weight excluding hydrogens is 348 g/mol. The summed E-state index contributed by atoms with van der Waals surface area (Å²) in [5.74, 6) is 2.45. The van der Waals surface area contributed by atoms with Gasteiger partial charge in [-0.15, -0.1) is 10.2 Å². The van der Waals surface area contributed by atoms with Crippen LogP contribution in [0.25, 0.3) is 11.4 Å². The van der Waals surface area contributed by atoms with Crippen LogP contribution in [0.2, 0.25) is 0 Å². The van der Waals surface area contributed by atoms with Gasteiger partial charge in [-0.2, -0.15) is 0 Å². The maximum atomic E-state index is 12.3. The molecule has 1 aromatic carbocycles. The molecule has 26 heavy (non-hydrogen) atoms. The van der Waals surface area contributed by atoms with Gasteiger partial charge < -0.3 is 14.6 Å². The zero-order valence-electron chi connectivity index (χ0n) is 15.6. The van der Waals surface area contributed by atoms with E-state index in [0.717, 1.165) is 28.7 Å². The molecule has 0 spiro atoms. The van der Waals surface area contributed by atoms with E-state index in [9.17, 15) is 4.79 Å². The van der Waals surface area contributed by atoms with Crippen molar-refractivity contribution in [3.63, 3.8) is 0 Å². The van der Waals surface area contributed by atoms with Gasteiger partial charge in [0.05, 0.1) is 18.4 Å². The van der Waals surface area contributed by atoms with Crippen molar-refractivity contribution in [1.82, 2.24) is 20.1 Å². The van der Waals surface area contributed by atoms with Crippen molar-refractivity contribution in [1.29, 1.82) is 0 Å². The van der Waals surface area contributed by atoms with Crippen LogP contribution in [-0.2, 0) is 11.8 Å². The van der Waals surface area contributed by atoms with Gasteiger partial charge >= 0.3 is 0 Å². The van der Waals surface area contributed by atoms with Crippen LogP contribution in [-0.4, -0.2) is 39.6 Å². The number of nitrogens with zero attached hydrogens (tertiary/aromatic N) is 3. The Morgan fingerprint density at radius 2 is 2.08 bits per heavy atom. The highest BCUT2D eigenvalue weighted by molar-refractivity contribution is 7.99. The third kappa shape index (κ3) is 4.20. The number of para-hydroxylation sites is 1. The Labute approximate surface area is 158 Å². The molecule has 1 fully saturated rings. The summed E-state index contributed by atoms with van der Waals surface area (Å²) >= 11 is 1.41. The third-order valence-electron chi connectivity index (χ3n) is 4.97. The maximum Gasteiger partial charge on any atom is 0.230 e. The molecule has 0 saturated heterocycles. The van der Waals surface area contributed by atoms with Crippen molar-refractivity contribution in [2.45, 2.75) is 43.8 Å². The predicted molar refractivity (Wildman–Crippen MR) is 103 cm³/mol. The smallest absolute Gasteiger partial charge is 0.230 e. The van der Waals surface area contributed by atoms with E-state index in [-0.39, 0.29) is 5.91 Å². The minimum atomic E-state index is 0.0654. The van der Waals surface area contributed by atoms with Gasteiger partial charge in [0.2, 0.25) is 5.91 Å². The number of hydrogen-bond donors (Lipinski definition) is 1. The van der Waals surface area contributed by atoms with Crippen molar-refractivity contribution in [3.05, 3.63) is 24.3 Å². The molecule has 1 amide bonds. The minimum absolute atomic E-state index is 0.0654. The molecule has 1 aliphatic rings. The minimum Gasteiger partial charge on any atom is -0.496 e. The molecule has 1 aromatic heterocycles. The SMILES string of the molecule is COc1ccccc1-c1nnc(SCC(=O)N[C@@H]2CCCC[C@@H]2C)n1C. The average Bonchev–Trinajstić information content (AvgIpc) is 3.02. The number of amides is 1. The van der Waals surface area contributed by atoms with Crippen LogP contribution >= 0.6 is 11.8 Å². The van der Waals surface area contributed by atoms with Crippen molar-refractivity contribution in [2.75, 3.05) is 12.9 Å². The van der Waals surface area contributed by atoms with Crippen molar-refractivity contribution in [3.8, 4) is 17.1 Å². The number of ether oxygens (including phenoxy) is 1. The number of methoxy groups -OCH3 is 1. The lowest BCUT2D eigenvalue weighted by atomic mass is 9.86. The molecule has 0 radical (unpaired) electrons. The molecule has 2 aromatic rings. The highest BCUT2D eigenvalue weighted by Crippen LogP contribution is 2.30. The number of hydrogen-bond acceptors (Lipinski definition) is 5. The molecule has 0 bridgehead atoms. The monoisotopic (exact) mass is 374 g/mol. The Hall–Kier alpha value is -2.02. The van der Waals surface area contributed by atoms with Crippen molar-refractivity contribution < 1.29 is 9.53 Å². The normalized spacial score (nSPS) is 20.0. The number of carbonyl (C=O) groups excluding carboxylic acids is 1. The van der Waals surface area contributed by atoms with Gasteiger partial charge in [-0.1, -0.05) is 43.7 Å². The Bertz CT molecular complexity index is 762.